The zero-order chi connectivity index (χ0) is 24.6. The van der Waals surface area contributed by atoms with Crippen molar-refractivity contribution < 1.29 is 9.21 Å². The Morgan fingerprint density at radius 2 is 1.50 bits per heavy atom. The van der Waals surface area contributed by atoms with Gasteiger partial charge in [0.15, 0.2) is 0 Å². The number of benzene rings is 4. The summed E-state index contributed by atoms with van der Waals surface area (Å²) in [5.74, 6) is 1.10. The maximum Gasteiger partial charge on any atom is 0.263 e. The van der Waals surface area contributed by atoms with Gasteiger partial charge in [-0.2, -0.15) is 0 Å². The van der Waals surface area contributed by atoms with Crippen LogP contribution in [-0.2, 0) is 4.79 Å². The lowest BCUT2D eigenvalue weighted by Crippen LogP contribution is -2.25. The van der Waals surface area contributed by atoms with Gasteiger partial charge >= 0.3 is 0 Å². The molecule has 0 N–H and O–H groups in total. The molecule has 36 heavy (non-hydrogen) atoms. The molecule has 0 unspecified atom stereocenters. The number of amides is 1. The second-order valence-electron chi connectivity index (χ2n) is 8.47. The summed E-state index contributed by atoms with van der Waals surface area (Å²) in [4.78, 5) is 15.6. The molecule has 1 aliphatic heterocycles. The Bertz CT molecular complexity index is 1680. The molecule has 0 saturated carbocycles. The first-order valence-corrected chi connectivity index (χ1v) is 12.2. The Kier molecular flexibility index (Phi) is 5.73. The zero-order valence-electron chi connectivity index (χ0n) is 19.0. The van der Waals surface area contributed by atoms with E-state index in [1.807, 2.05) is 84.9 Å². The SMILES string of the molecule is O=C1/C(=C/c2ccc(-c3ccc(Cl)c(Cl)c3)o2)C=C(c2ccccc2)N1c1cccc2ccccc12. The molecule has 6 rings (SSSR count). The second kappa shape index (κ2) is 9.19. The van der Waals surface area contributed by atoms with E-state index in [0.29, 0.717) is 27.1 Å². The first-order chi connectivity index (χ1) is 17.6. The van der Waals surface area contributed by atoms with Crippen LogP contribution in [0.5, 0.6) is 0 Å². The van der Waals surface area contributed by atoms with Crippen molar-refractivity contribution in [1.29, 1.82) is 0 Å². The van der Waals surface area contributed by atoms with Crippen molar-refractivity contribution in [2.75, 3.05) is 4.90 Å². The number of fused-ring (bicyclic) bond motifs is 1. The van der Waals surface area contributed by atoms with E-state index in [4.69, 9.17) is 27.6 Å². The van der Waals surface area contributed by atoms with Crippen molar-refractivity contribution in [1.82, 2.24) is 0 Å². The lowest BCUT2D eigenvalue weighted by atomic mass is 10.1. The van der Waals surface area contributed by atoms with Crippen LogP contribution in [0.4, 0.5) is 5.69 Å². The number of carbonyl (C=O) groups excluding carboxylic acids is 1. The number of hydrogen-bond donors (Lipinski definition) is 0. The molecule has 0 saturated heterocycles. The van der Waals surface area contributed by atoms with Gasteiger partial charge in [-0.25, -0.2) is 0 Å². The van der Waals surface area contributed by atoms with E-state index in [1.54, 1.807) is 23.1 Å². The number of hydrogen-bond acceptors (Lipinski definition) is 2. The van der Waals surface area contributed by atoms with Gasteiger partial charge in [0.25, 0.3) is 5.91 Å². The molecule has 1 aliphatic rings. The van der Waals surface area contributed by atoms with E-state index in [-0.39, 0.29) is 5.91 Å². The summed E-state index contributed by atoms with van der Waals surface area (Å²) < 4.78 is 6.05. The summed E-state index contributed by atoms with van der Waals surface area (Å²) in [5.41, 5.74) is 3.96. The highest BCUT2D eigenvalue weighted by atomic mass is 35.5. The molecule has 2 heterocycles. The van der Waals surface area contributed by atoms with E-state index >= 15 is 0 Å². The minimum atomic E-state index is -0.113. The fourth-order valence-corrected chi connectivity index (χ4v) is 4.77. The quantitative estimate of drug-likeness (QED) is 0.227. The first kappa shape index (κ1) is 22.4. The van der Waals surface area contributed by atoms with Crippen molar-refractivity contribution in [3.8, 4) is 11.3 Å². The summed E-state index contributed by atoms with van der Waals surface area (Å²) in [6.07, 6.45) is 3.69. The maximum atomic E-state index is 13.8. The summed E-state index contributed by atoms with van der Waals surface area (Å²) in [7, 11) is 0. The van der Waals surface area contributed by atoms with Gasteiger partial charge in [-0.05, 0) is 59.5 Å². The van der Waals surface area contributed by atoms with Crippen LogP contribution in [0.2, 0.25) is 10.0 Å². The van der Waals surface area contributed by atoms with Crippen molar-refractivity contribution in [3.63, 3.8) is 0 Å². The van der Waals surface area contributed by atoms with Gasteiger partial charge < -0.3 is 4.42 Å². The second-order valence-corrected chi connectivity index (χ2v) is 9.28. The van der Waals surface area contributed by atoms with Gasteiger partial charge in [-0.3, -0.25) is 9.69 Å². The third-order valence-electron chi connectivity index (χ3n) is 6.19. The van der Waals surface area contributed by atoms with Crippen LogP contribution in [0.15, 0.2) is 119 Å². The van der Waals surface area contributed by atoms with Crippen LogP contribution in [0.1, 0.15) is 11.3 Å². The van der Waals surface area contributed by atoms with E-state index in [1.165, 1.54) is 0 Å². The molecule has 0 aliphatic carbocycles. The Morgan fingerprint density at radius 3 is 2.33 bits per heavy atom. The fourth-order valence-electron chi connectivity index (χ4n) is 4.47. The smallest absolute Gasteiger partial charge is 0.263 e. The number of halogens is 2. The molecule has 0 atom stereocenters. The van der Waals surface area contributed by atoms with Crippen LogP contribution in [0.3, 0.4) is 0 Å². The molecule has 0 spiro atoms. The number of nitrogens with zero attached hydrogens (tertiary/aromatic N) is 1. The van der Waals surface area contributed by atoms with Crippen molar-refractivity contribution >= 4 is 57.3 Å². The topological polar surface area (TPSA) is 33.5 Å². The fraction of sp³-hybridized carbons (Fsp3) is 0. The van der Waals surface area contributed by atoms with Gasteiger partial charge in [0, 0.05) is 16.5 Å². The third-order valence-corrected chi connectivity index (χ3v) is 6.93. The van der Waals surface area contributed by atoms with Gasteiger partial charge in [-0.1, -0.05) is 89.9 Å². The molecule has 5 aromatic rings. The summed E-state index contributed by atoms with van der Waals surface area (Å²) >= 11 is 12.2. The molecule has 174 valence electrons. The molecule has 4 aromatic carbocycles. The monoisotopic (exact) mass is 507 g/mol. The molecule has 3 nitrogen and oxygen atoms in total. The van der Waals surface area contributed by atoms with Gasteiger partial charge in [0.1, 0.15) is 11.5 Å². The molecule has 0 bridgehead atoms. The predicted molar refractivity (Wildman–Crippen MR) is 148 cm³/mol. The molecular weight excluding hydrogens is 489 g/mol. The summed E-state index contributed by atoms with van der Waals surface area (Å²) in [5, 5.41) is 3.02. The van der Waals surface area contributed by atoms with E-state index in [0.717, 1.165) is 33.3 Å². The lowest BCUT2D eigenvalue weighted by Gasteiger charge is -2.22. The molecule has 1 amide bonds. The average molecular weight is 508 g/mol. The Balaban J connectivity index is 1.44. The largest absolute Gasteiger partial charge is 0.457 e. The van der Waals surface area contributed by atoms with Gasteiger partial charge in [0.2, 0.25) is 0 Å². The Hall–Kier alpha value is -4.05. The highest BCUT2D eigenvalue weighted by molar-refractivity contribution is 6.42. The standard InChI is InChI=1S/C31H19Cl2NO2/c32-26-15-13-22(18-27(26)33)30-16-14-24(36-30)17-23-19-29(21-8-2-1-3-9-21)34(31(23)35)28-12-6-10-20-7-4-5-11-25(20)28/h1-19H/b23-17+. The van der Waals surface area contributed by atoms with Crippen LogP contribution >= 0.6 is 23.2 Å². The normalized spacial score (nSPS) is 14.6. The minimum Gasteiger partial charge on any atom is -0.457 e. The highest BCUT2D eigenvalue weighted by Gasteiger charge is 2.31. The number of anilines is 1. The van der Waals surface area contributed by atoms with Crippen molar-refractivity contribution in [3.05, 3.63) is 136 Å². The summed E-state index contributed by atoms with van der Waals surface area (Å²) in [6, 6.07) is 33.1. The zero-order valence-corrected chi connectivity index (χ0v) is 20.5. The number of furan rings is 1. The Morgan fingerprint density at radius 1 is 0.722 bits per heavy atom. The van der Waals surface area contributed by atoms with Crippen LogP contribution in [0, 0.1) is 0 Å². The van der Waals surface area contributed by atoms with E-state index in [9.17, 15) is 4.79 Å². The molecule has 0 fully saturated rings. The van der Waals surface area contributed by atoms with E-state index < -0.39 is 0 Å². The van der Waals surface area contributed by atoms with Crippen LogP contribution < -0.4 is 4.90 Å². The summed E-state index contributed by atoms with van der Waals surface area (Å²) in [6.45, 7) is 0. The third kappa shape index (κ3) is 4.03. The van der Waals surface area contributed by atoms with Crippen LogP contribution in [0.25, 0.3) is 33.9 Å². The lowest BCUT2D eigenvalue weighted by molar-refractivity contribution is -0.113. The molecule has 5 heteroatoms. The van der Waals surface area contributed by atoms with Gasteiger partial charge in [0.05, 0.1) is 21.4 Å². The molecular formula is C31H19Cl2NO2. The molecule has 1 aromatic heterocycles. The predicted octanol–water partition coefficient (Wildman–Crippen LogP) is 8.88. The molecule has 0 radical (unpaired) electrons. The number of carbonyl (C=O) groups is 1. The van der Waals surface area contributed by atoms with Crippen molar-refractivity contribution in [2.24, 2.45) is 0 Å². The van der Waals surface area contributed by atoms with Crippen molar-refractivity contribution in [2.45, 2.75) is 0 Å². The first-order valence-electron chi connectivity index (χ1n) is 11.4. The average Bonchev–Trinajstić information content (AvgIpc) is 3.51. The van der Waals surface area contributed by atoms with Crippen LogP contribution in [-0.4, -0.2) is 5.91 Å². The van der Waals surface area contributed by atoms with E-state index in [2.05, 4.69) is 12.1 Å². The minimum absolute atomic E-state index is 0.113. The highest BCUT2D eigenvalue weighted by Crippen LogP contribution is 2.39. The maximum absolute atomic E-state index is 13.8. The number of rotatable bonds is 4. The Labute approximate surface area is 218 Å². The van der Waals surface area contributed by atoms with Gasteiger partial charge in [-0.15, -0.1) is 0 Å².